The van der Waals surface area contributed by atoms with E-state index in [0.29, 0.717) is 23.1 Å². The minimum Gasteiger partial charge on any atom is -0.340 e. The summed E-state index contributed by atoms with van der Waals surface area (Å²) in [6.45, 7) is 5.98. The molecule has 8 heteroatoms. The topological polar surface area (TPSA) is 110 Å². The maximum Gasteiger partial charge on any atom is 0.251 e. The monoisotopic (exact) mass is 402 g/mol. The molecule has 2 N–H and O–H groups in total. The molecule has 0 radical (unpaired) electrons. The van der Waals surface area contributed by atoms with E-state index in [1.165, 1.54) is 6.33 Å². The minimum absolute atomic E-state index is 0.214. The molecule has 0 saturated heterocycles. The molecule has 152 valence electrons. The van der Waals surface area contributed by atoms with E-state index in [0.717, 1.165) is 11.1 Å². The van der Waals surface area contributed by atoms with Crippen molar-refractivity contribution in [1.82, 2.24) is 30.6 Å². The first-order valence-electron chi connectivity index (χ1n) is 9.57. The standard InChI is InChI=1S/C22H22N6O2/c1-22(2,3)17(21-26-19(28-30-21)18-23-13-24-27-18)25-20(29)16-11-9-15(10-12-16)14-7-5-4-6-8-14/h4-13,17H,1-3H3,(H,25,29)(H,23,24,27). The maximum atomic E-state index is 12.9. The zero-order chi connectivity index (χ0) is 21.1. The molecule has 0 aliphatic heterocycles. The molecule has 2 heterocycles. The van der Waals surface area contributed by atoms with Crippen LogP contribution in [0.2, 0.25) is 0 Å². The second-order valence-electron chi connectivity index (χ2n) is 8.01. The highest BCUT2D eigenvalue weighted by molar-refractivity contribution is 5.95. The summed E-state index contributed by atoms with van der Waals surface area (Å²) in [6.07, 6.45) is 1.37. The molecule has 0 fully saturated rings. The van der Waals surface area contributed by atoms with Crippen LogP contribution in [0.4, 0.5) is 0 Å². The normalized spacial score (nSPS) is 12.5. The van der Waals surface area contributed by atoms with Crippen molar-refractivity contribution in [3.63, 3.8) is 0 Å². The quantitative estimate of drug-likeness (QED) is 0.521. The lowest BCUT2D eigenvalue weighted by Gasteiger charge is -2.28. The molecule has 0 bridgehead atoms. The number of H-pyrrole nitrogens is 1. The predicted molar refractivity (Wildman–Crippen MR) is 111 cm³/mol. The molecule has 2 aromatic heterocycles. The van der Waals surface area contributed by atoms with E-state index in [-0.39, 0.29) is 11.3 Å². The average molecular weight is 402 g/mol. The molecule has 1 amide bonds. The van der Waals surface area contributed by atoms with Crippen LogP contribution < -0.4 is 5.32 Å². The summed E-state index contributed by atoms with van der Waals surface area (Å²) in [7, 11) is 0. The summed E-state index contributed by atoms with van der Waals surface area (Å²) in [4.78, 5) is 21.3. The van der Waals surface area contributed by atoms with E-state index in [1.807, 2.05) is 75.4 Å². The number of amides is 1. The molecule has 4 rings (SSSR count). The van der Waals surface area contributed by atoms with Gasteiger partial charge in [0.05, 0.1) is 0 Å². The summed E-state index contributed by atoms with van der Waals surface area (Å²) in [5.74, 6) is 0.788. The van der Waals surface area contributed by atoms with Crippen LogP contribution in [0.15, 0.2) is 65.4 Å². The van der Waals surface area contributed by atoms with Gasteiger partial charge in [-0.25, -0.2) is 4.98 Å². The van der Waals surface area contributed by atoms with Crippen molar-refractivity contribution >= 4 is 5.91 Å². The van der Waals surface area contributed by atoms with Crippen molar-refractivity contribution in [3.05, 3.63) is 72.4 Å². The number of benzene rings is 2. The molecule has 2 aromatic carbocycles. The van der Waals surface area contributed by atoms with Crippen LogP contribution in [0.5, 0.6) is 0 Å². The average Bonchev–Trinajstić information content (AvgIpc) is 3.43. The third kappa shape index (κ3) is 4.12. The van der Waals surface area contributed by atoms with E-state index in [2.05, 4.69) is 30.6 Å². The van der Waals surface area contributed by atoms with E-state index in [1.54, 1.807) is 0 Å². The number of nitrogens with zero attached hydrogens (tertiary/aromatic N) is 4. The lowest BCUT2D eigenvalue weighted by molar-refractivity contribution is 0.0881. The Kier molecular flexibility index (Phi) is 5.14. The van der Waals surface area contributed by atoms with Gasteiger partial charge in [-0.3, -0.25) is 9.89 Å². The third-order valence-electron chi connectivity index (χ3n) is 4.71. The van der Waals surface area contributed by atoms with Crippen LogP contribution in [0.25, 0.3) is 22.8 Å². The largest absolute Gasteiger partial charge is 0.340 e. The fraction of sp³-hybridized carbons (Fsp3) is 0.227. The smallest absolute Gasteiger partial charge is 0.251 e. The lowest BCUT2D eigenvalue weighted by Crippen LogP contribution is -2.36. The first-order chi connectivity index (χ1) is 14.4. The Morgan fingerprint density at radius 2 is 1.73 bits per heavy atom. The van der Waals surface area contributed by atoms with Gasteiger partial charge in [-0.05, 0) is 28.7 Å². The first-order valence-corrected chi connectivity index (χ1v) is 9.57. The summed E-state index contributed by atoms with van der Waals surface area (Å²) >= 11 is 0. The molecule has 0 spiro atoms. The Hall–Kier alpha value is -3.81. The minimum atomic E-state index is -0.483. The highest BCUT2D eigenvalue weighted by Crippen LogP contribution is 2.33. The van der Waals surface area contributed by atoms with Gasteiger partial charge in [0.2, 0.25) is 11.7 Å². The van der Waals surface area contributed by atoms with Crippen molar-refractivity contribution < 1.29 is 9.32 Å². The Morgan fingerprint density at radius 3 is 2.37 bits per heavy atom. The molecule has 8 nitrogen and oxygen atoms in total. The van der Waals surface area contributed by atoms with Crippen LogP contribution in [0.3, 0.4) is 0 Å². The lowest BCUT2D eigenvalue weighted by atomic mass is 9.86. The van der Waals surface area contributed by atoms with Gasteiger partial charge in [0.1, 0.15) is 12.4 Å². The number of aromatic nitrogens is 5. The predicted octanol–water partition coefficient (Wildman–Crippen LogP) is 4.04. The van der Waals surface area contributed by atoms with Crippen LogP contribution in [-0.4, -0.2) is 31.2 Å². The number of hydrogen-bond donors (Lipinski definition) is 2. The van der Waals surface area contributed by atoms with E-state index >= 15 is 0 Å². The number of rotatable bonds is 5. The van der Waals surface area contributed by atoms with Gasteiger partial charge in [0.25, 0.3) is 5.91 Å². The maximum absolute atomic E-state index is 12.9. The highest BCUT2D eigenvalue weighted by Gasteiger charge is 2.33. The molecule has 1 unspecified atom stereocenters. The highest BCUT2D eigenvalue weighted by atomic mass is 16.5. The number of carbonyl (C=O) groups excluding carboxylic acids is 1. The Bertz CT molecular complexity index is 1110. The van der Waals surface area contributed by atoms with Crippen LogP contribution in [0.1, 0.15) is 43.1 Å². The number of carbonyl (C=O) groups is 1. The number of aromatic amines is 1. The van der Waals surface area contributed by atoms with E-state index in [4.69, 9.17) is 4.52 Å². The van der Waals surface area contributed by atoms with Gasteiger partial charge in [-0.2, -0.15) is 10.1 Å². The van der Waals surface area contributed by atoms with Gasteiger partial charge in [-0.15, -0.1) is 0 Å². The molecular formula is C22H22N6O2. The van der Waals surface area contributed by atoms with Gasteiger partial charge in [-0.1, -0.05) is 68.4 Å². The SMILES string of the molecule is CC(C)(C)C(NC(=O)c1ccc(-c2ccccc2)cc1)c1nc(-c2ncn[nH]2)no1. The Morgan fingerprint density at radius 1 is 1.03 bits per heavy atom. The molecule has 4 aromatic rings. The van der Waals surface area contributed by atoms with Crippen molar-refractivity contribution in [2.24, 2.45) is 5.41 Å². The van der Waals surface area contributed by atoms with Crippen molar-refractivity contribution in [2.75, 3.05) is 0 Å². The van der Waals surface area contributed by atoms with Gasteiger partial charge in [0.15, 0.2) is 5.82 Å². The van der Waals surface area contributed by atoms with Gasteiger partial charge < -0.3 is 9.84 Å². The molecule has 0 saturated carbocycles. The van der Waals surface area contributed by atoms with Crippen LogP contribution >= 0.6 is 0 Å². The molecule has 0 aliphatic rings. The summed E-state index contributed by atoms with van der Waals surface area (Å²) in [5.41, 5.74) is 2.35. The zero-order valence-corrected chi connectivity index (χ0v) is 17.0. The zero-order valence-electron chi connectivity index (χ0n) is 17.0. The fourth-order valence-electron chi connectivity index (χ4n) is 3.07. The number of hydrogen-bond acceptors (Lipinski definition) is 6. The first kappa shape index (κ1) is 19.5. The summed E-state index contributed by atoms with van der Waals surface area (Å²) in [6, 6.07) is 17.0. The second-order valence-corrected chi connectivity index (χ2v) is 8.01. The van der Waals surface area contributed by atoms with E-state index < -0.39 is 6.04 Å². The Labute approximate surface area is 173 Å². The fourth-order valence-corrected chi connectivity index (χ4v) is 3.07. The summed E-state index contributed by atoms with van der Waals surface area (Å²) < 4.78 is 5.43. The van der Waals surface area contributed by atoms with Crippen LogP contribution in [-0.2, 0) is 0 Å². The molecular weight excluding hydrogens is 380 g/mol. The van der Waals surface area contributed by atoms with Crippen LogP contribution in [0, 0.1) is 5.41 Å². The van der Waals surface area contributed by atoms with Gasteiger partial charge in [0, 0.05) is 5.56 Å². The molecule has 0 aliphatic carbocycles. The van der Waals surface area contributed by atoms with Crippen molar-refractivity contribution in [2.45, 2.75) is 26.8 Å². The summed E-state index contributed by atoms with van der Waals surface area (Å²) in [5, 5.41) is 13.5. The Balaban J connectivity index is 1.54. The third-order valence-corrected chi connectivity index (χ3v) is 4.71. The second kappa shape index (κ2) is 7.90. The number of nitrogens with one attached hydrogen (secondary N) is 2. The van der Waals surface area contributed by atoms with Crippen molar-refractivity contribution in [1.29, 1.82) is 0 Å². The molecule has 1 atom stereocenters. The molecule has 30 heavy (non-hydrogen) atoms. The van der Waals surface area contributed by atoms with Crippen molar-refractivity contribution in [3.8, 4) is 22.8 Å². The van der Waals surface area contributed by atoms with E-state index in [9.17, 15) is 4.79 Å². The van der Waals surface area contributed by atoms with Gasteiger partial charge >= 0.3 is 0 Å².